The molecule has 150 valence electrons. The highest BCUT2D eigenvalue weighted by Gasteiger charge is 2.25. The van der Waals surface area contributed by atoms with Crippen molar-refractivity contribution in [1.29, 1.82) is 0 Å². The van der Waals surface area contributed by atoms with Gasteiger partial charge < -0.3 is 20.3 Å². The lowest BCUT2D eigenvalue weighted by Crippen LogP contribution is -2.30. The van der Waals surface area contributed by atoms with Crippen LogP contribution < -0.4 is 15.5 Å². The minimum absolute atomic E-state index is 0.276. The molecule has 0 saturated heterocycles. The number of carbonyl (C=O) groups excluding carboxylic acids is 3. The van der Waals surface area contributed by atoms with Gasteiger partial charge in [-0.3, -0.25) is 9.59 Å². The summed E-state index contributed by atoms with van der Waals surface area (Å²) in [7, 11) is 3.86. The molecule has 0 bridgehead atoms. The molecule has 1 aromatic carbocycles. The number of benzene rings is 1. The molecule has 0 spiro atoms. The summed E-state index contributed by atoms with van der Waals surface area (Å²) < 4.78 is 5.34. The summed E-state index contributed by atoms with van der Waals surface area (Å²) in [6, 6.07) is 7.32. The summed E-state index contributed by atoms with van der Waals surface area (Å²) in [6.07, 6.45) is -0.995. The Labute approximate surface area is 168 Å². The van der Waals surface area contributed by atoms with Gasteiger partial charge in [0.15, 0.2) is 6.10 Å². The van der Waals surface area contributed by atoms with Crippen molar-refractivity contribution in [2.24, 2.45) is 0 Å². The van der Waals surface area contributed by atoms with Gasteiger partial charge in [0.05, 0.1) is 5.56 Å². The lowest BCUT2D eigenvalue weighted by molar-refractivity contribution is -0.123. The number of aryl methyl sites for hydroxylation is 1. The number of carbonyl (C=O) groups is 3. The first-order valence-corrected chi connectivity index (χ1v) is 9.58. The average molecular weight is 404 g/mol. The lowest BCUT2D eigenvalue weighted by atomic mass is 10.1. The maximum atomic E-state index is 12.6. The lowest BCUT2D eigenvalue weighted by Gasteiger charge is -2.16. The Hall–Kier alpha value is -2.87. The molecule has 2 amide bonds. The summed E-state index contributed by atoms with van der Waals surface area (Å²) >= 11 is 1.30. The molecule has 1 atom stereocenters. The number of hydrogen-bond acceptors (Lipinski definition) is 6. The average Bonchev–Trinajstić information content (AvgIpc) is 2.88. The Bertz CT molecular complexity index is 888. The standard InChI is InChI=1S/C20H25N3O4S/c1-11-13(3)28-19(21-14(4)24)17(11)20(26)27-12(2)18(25)22-15-7-9-16(10-8-15)23(5)6/h7-10,12H,1-6H3,(H,21,24)(H,22,25). The third-order valence-corrected chi connectivity index (χ3v) is 5.31. The van der Waals surface area contributed by atoms with Gasteiger partial charge >= 0.3 is 5.97 Å². The van der Waals surface area contributed by atoms with E-state index in [1.165, 1.54) is 25.2 Å². The fraction of sp³-hybridized carbons (Fsp3) is 0.350. The van der Waals surface area contributed by atoms with Gasteiger partial charge in [-0.25, -0.2) is 4.79 Å². The zero-order chi connectivity index (χ0) is 21.0. The van der Waals surface area contributed by atoms with Crippen LogP contribution in [0.1, 0.15) is 34.6 Å². The molecule has 1 unspecified atom stereocenters. The second-order valence-corrected chi connectivity index (χ2v) is 7.87. The molecule has 0 aliphatic heterocycles. The van der Waals surface area contributed by atoms with E-state index in [0.29, 0.717) is 10.7 Å². The van der Waals surface area contributed by atoms with Gasteiger partial charge in [-0.05, 0) is 50.6 Å². The smallest absolute Gasteiger partial charge is 0.342 e. The van der Waals surface area contributed by atoms with Crippen LogP contribution in [-0.2, 0) is 14.3 Å². The molecule has 2 aromatic rings. The first-order valence-electron chi connectivity index (χ1n) is 8.77. The number of ether oxygens (including phenoxy) is 1. The Balaban J connectivity index is 2.07. The van der Waals surface area contributed by atoms with Gasteiger partial charge in [0.25, 0.3) is 5.91 Å². The first-order chi connectivity index (χ1) is 13.1. The number of anilines is 3. The maximum Gasteiger partial charge on any atom is 0.342 e. The van der Waals surface area contributed by atoms with Gasteiger partial charge in [-0.1, -0.05) is 0 Å². The molecule has 0 fully saturated rings. The number of esters is 1. The number of hydrogen-bond donors (Lipinski definition) is 2. The largest absolute Gasteiger partial charge is 0.449 e. The summed E-state index contributed by atoms with van der Waals surface area (Å²) in [5.41, 5.74) is 2.63. The maximum absolute atomic E-state index is 12.6. The molecule has 7 nitrogen and oxygen atoms in total. The highest BCUT2D eigenvalue weighted by molar-refractivity contribution is 7.16. The van der Waals surface area contributed by atoms with E-state index in [-0.39, 0.29) is 11.5 Å². The van der Waals surface area contributed by atoms with Crippen LogP contribution in [0.3, 0.4) is 0 Å². The van der Waals surface area contributed by atoms with Crippen molar-refractivity contribution in [3.63, 3.8) is 0 Å². The van der Waals surface area contributed by atoms with Gasteiger partial charge in [0.1, 0.15) is 5.00 Å². The quantitative estimate of drug-likeness (QED) is 0.720. The van der Waals surface area contributed by atoms with Gasteiger partial charge in [-0.15, -0.1) is 11.3 Å². The molecule has 0 radical (unpaired) electrons. The number of rotatable bonds is 6. The SMILES string of the molecule is CC(=O)Nc1sc(C)c(C)c1C(=O)OC(C)C(=O)Nc1ccc(N(C)C)cc1. The van der Waals surface area contributed by atoms with Crippen molar-refractivity contribution in [3.8, 4) is 0 Å². The predicted molar refractivity (Wildman–Crippen MR) is 112 cm³/mol. The number of thiophene rings is 1. The number of nitrogens with zero attached hydrogens (tertiary/aromatic N) is 1. The monoisotopic (exact) mass is 403 g/mol. The number of nitrogens with one attached hydrogen (secondary N) is 2. The molecule has 0 aliphatic carbocycles. The van der Waals surface area contributed by atoms with Crippen molar-refractivity contribution in [3.05, 3.63) is 40.3 Å². The van der Waals surface area contributed by atoms with E-state index in [1.54, 1.807) is 19.1 Å². The van der Waals surface area contributed by atoms with Crippen LogP contribution in [0.25, 0.3) is 0 Å². The van der Waals surface area contributed by atoms with Crippen molar-refractivity contribution >= 4 is 45.5 Å². The Morgan fingerprint density at radius 2 is 1.68 bits per heavy atom. The van der Waals surface area contributed by atoms with E-state index in [9.17, 15) is 14.4 Å². The van der Waals surface area contributed by atoms with E-state index in [2.05, 4.69) is 10.6 Å². The molecular weight excluding hydrogens is 378 g/mol. The minimum atomic E-state index is -0.995. The molecule has 2 rings (SSSR count). The molecule has 2 N–H and O–H groups in total. The summed E-state index contributed by atoms with van der Waals surface area (Å²) in [5, 5.41) is 5.81. The molecular formula is C20H25N3O4S. The third kappa shape index (κ3) is 5.10. The fourth-order valence-corrected chi connectivity index (χ4v) is 3.58. The molecule has 0 aliphatic rings. The third-order valence-electron chi connectivity index (χ3n) is 4.18. The highest BCUT2D eigenvalue weighted by atomic mass is 32.1. The minimum Gasteiger partial charge on any atom is -0.449 e. The van der Waals surface area contributed by atoms with E-state index < -0.39 is 18.0 Å². The molecule has 1 heterocycles. The molecule has 28 heavy (non-hydrogen) atoms. The summed E-state index contributed by atoms with van der Waals surface area (Å²) in [4.78, 5) is 39.2. The Kier molecular flexibility index (Phi) is 6.80. The van der Waals surface area contributed by atoms with E-state index in [1.807, 2.05) is 38.1 Å². The van der Waals surface area contributed by atoms with Gasteiger partial charge in [0, 0.05) is 37.3 Å². The van der Waals surface area contributed by atoms with E-state index >= 15 is 0 Å². The normalized spacial score (nSPS) is 11.5. The first kappa shape index (κ1) is 21.4. The Morgan fingerprint density at radius 3 is 2.21 bits per heavy atom. The van der Waals surface area contributed by atoms with Crippen LogP contribution in [-0.4, -0.2) is 38.0 Å². The highest BCUT2D eigenvalue weighted by Crippen LogP contribution is 2.33. The zero-order valence-electron chi connectivity index (χ0n) is 16.9. The zero-order valence-corrected chi connectivity index (χ0v) is 17.7. The van der Waals surface area contributed by atoms with Crippen molar-refractivity contribution in [2.75, 3.05) is 29.6 Å². The van der Waals surface area contributed by atoms with Crippen LogP contribution in [0.15, 0.2) is 24.3 Å². The molecule has 1 aromatic heterocycles. The second kappa shape index (κ2) is 8.88. The van der Waals surface area contributed by atoms with Gasteiger partial charge in [-0.2, -0.15) is 0 Å². The van der Waals surface area contributed by atoms with Crippen LogP contribution in [0.2, 0.25) is 0 Å². The molecule has 0 saturated carbocycles. The summed E-state index contributed by atoms with van der Waals surface area (Å²) in [5.74, 6) is -1.35. The van der Waals surface area contributed by atoms with Crippen molar-refractivity contribution in [1.82, 2.24) is 0 Å². The Morgan fingerprint density at radius 1 is 1.07 bits per heavy atom. The van der Waals surface area contributed by atoms with Crippen LogP contribution in [0, 0.1) is 13.8 Å². The van der Waals surface area contributed by atoms with E-state index in [4.69, 9.17) is 4.74 Å². The summed E-state index contributed by atoms with van der Waals surface area (Å²) in [6.45, 7) is 6.52. The predicted octanol–water partition coefficient (Wildman–Crippen LogP) is 3.57. The van der Waals surface area contributed by atoms with Crippen molar-refractivity contribution in [2.45, 2.75) is 33.8 Å². The fourth-order valence-electron chi connectivity index (χ4n) is 2.48. The van der Waals surface area contributed by atoms with Crippen molar-refractivity contribution < 1.29 is 19.1 Å². The van der Waals surface area contributed by atoms with Crippen LogP contribution in [0.4, 0.5) is 16.4 Å². The van der Waals surface area contributed by atoms with Crippen LogP contribution in [0.5, 0.6) is 0 Å². The van der Waals surface area contributed by atoms with E-state index in [0.717, 1.165) is 16.1 Å². The van der Waals surface area contributed by atoms with Crippen LogP contribution >= 0.6 is 11.3 Å². The number of amides is 2. The van der Waals surface area contributed by atoms with Gasteiger partial charge in [0.2, 0.25) is 5.91 Å². The topological polar surface area (TPSA) is 87.7 Å². The molecule has 8 heteroatoms. The second-order valence-electron chi connectivity index (χ2n) is 6.65.